The molecule has 0 aromatic heterocycles. The van der Waals surface area contributed by atoms with Crippen LogP contribution in [0.25, 0.3) is 6.08 Å². The van der Waals surface area contributed by atoms with E-state index in [1.54, 1.807) is 60.7 Å². The first-order valence-electron chi connectivity index (χ1n) is 14.3. The van der Waals surface area contributed by atoms with Crippen molar-refractivity contribution in [3.05, 3.63) is 170 Å². The van der Waals surface area contributed by atoms with Crippen LogP contribution in [0.5, 0.6) is 0 Å². The van der Waals surface area contributed by atoms with Gasteiger partial charge in [0.2, 0.25) is 5.91 Å². The highest BCUT2D eigenvalue weighted by Gasteiger charge is 2.23. The molecule has 1 atom stereocenters. The lowest BCUT2D eigenvalue weighted by atomic mass is 10.1. The average Bonchev–Trinajstić information content (AvgIpc) is 3.09. The van der Waals surface area contributed by atoms with E-state index in [4.69, 9.17) is 0 Å². The number of benzene rings is 5. The maximum Gasteiger partial charge on any atom is 0.276 e. The Balaban J connectivity index is 1.36. The van der Waals surface area contributed by atoms with Crippen molar-refractivity contribution in [1.82, 2.24) is 5.32 Å². The average molecular weight is 708 g/mol. The normalized spacial score (nSPS) is 11.6. The first-order chi connectivity index (χ1) is 22.8. The summed E-state index contributed by atoms with van der Waals surface area (Å²) in [5.74, 6) is -1.43. The molecule has 5 aromatic rings. The van der Waals surface area contributed by atoms with Crippen LogP contribution >= 0.6 is 27.7 Å². The zero-order chi connectivity index (χ0) is 33.2. The van der Waals surface area contributed by atoms with Crippen LogP contribution in [0.3, 0.4) is 0 Å². The number of nitrogens with one attached hydrogen (secondary N) is 3. The van der Waals surface area contributed by atoms with Gasteiger partial charge in [0, 0.05) is 26.7 Å². The molecule has 47 heavy (non-hydrogen) atoms. The van der Waals surface area contributed by atoms with Gasteiger partial charge in [-0.15, -0.1) is 11.8 Å². The van der Waals surface area contributed by atoms with E-state index in [1.807, 2.05) is 54.6 Å². The van der Waals surface area contributed by atoms with E-state index < -0.39 is 22.0 Å². The van der Waals surface area contributed by atoms with E-state index in [0.717, 1.165) is 14.9 Å². The fraction of sp³-hybridized carbons (Fsp3) is 0.0278. The Morgan fingerprint density at radius 3 is 2.04 bits per heavy atom. The molecule has 0 saturated carbocycles. The Labute approximate surface area is 283 Å². The topological polar surface area (TPSA) is 130 Å². The summed E-state index contributed by atoms with van der Waals surface area (Å²) in [6.07, 6.45) is 1.27. The van der Waals surface area contributed by atoms with Crippen LogP contribution in [0, 0.1) is 10.1 Å². The summed E-state index contributed by atoms with van der Waals surface area (Å²) >= 11 is 4.82. The lowest BCUT2D eigenvalue weighted by Crippen LogP contribution is -2.30. The first-order valence-corrected chi connectivity index (χ1v) is 16.0. The fourth-order valence-corrected chi connectivity index (χ4v) is 5.90. The lowest BCUT2D eigenvalue weighted by molar-refractivity contribution is -0.385. The number of para-hydroxylation sites is 2. The second kappa shape index (κ2) is 15.7. The van der Waals surface area contributed by atoms with Crippen molar-refractivity contribution in [2.75, 3.05) is 10.6 Å². The van der Waals surface area contributed by atoms with Gasteiger partial charge < -0.3 is 16.0 Å². The zero-order valence-electron chi connectivity index (χ0n) is 24.6. The quantitative estimate of drug-likeness (QED) is 0.0549. The molecule has 0 aliphatic rings. The number of carbonyl (C=O) groups is 3. The molecule has 0 aliphatic carbocycles. The van der Waals surface area contributed by atoms with Gasteiger partial charge in [-0.05, 0) is 82.2 Å². The van der Waals surface area contributed by atoms with Crippen LogP contribution in [0.2, 0.25) is 0 Å². The van der Waals surface area contributed by atoms with Gasteiger partial charge in [0.15, 0.2) is 0 Å². The van der Waals surface area contributed by atoms with Crippen molar-refractivity contribution in [3.63, 3.8) is 0 Å². The predicted octanol–water partition coefficient (Wildman–Crippen LogP) is 8.24. The van der Waals surface area contributed by atoms with E-state index in [1.165, 1.54) is 36.0 Å². The maximum absolute atomic E-state index is 13.5. The highest BCUT2D eigenvalue weighted by atomic mass is 79.9. The van der Waals surface area contributed by atoms with Crippen LogP contribution in [0.4, 0.5) is 17.1 Å². The summed E-state index contributed by atoms with van der Waals surface area (Å²) < 4.78 is 0.764. The van der Waals surface area contributed by atoms with Gasteiger partial charge in [-0.1, -0.05) is 72.8 Å². The molecule has 0 fully saturated rings. The third kappa shape index (κ3) is 8.81. The number of thioether (sulfide) groups is 1. The third-order valence-electron chi connectivity index (χ3n) is 6.80. The highest BCUT2D eigenvalue weighted by Crippen LogP contribution is 2.37. The zero-order valence-corrected chi connectivity index (χ0v) is 27.0. The number of halogens is 1. The minimum absolute atomic E-state index is 0.149. The minimum atomic E-state index is -0.678. The van der Waals surface area contributed by atoms with Crippen molar-refractivity contribution < 1.29 is 19.3 Å². The summed E-state index contributed by atoms with van der Waals surface area (Å²) in [4.78, 5) is 51.7. The Morgan fingerprint density at radius 1 is 0.745 bits per heavy atom. The molecule has 0 bridgehead atoms. The molecule has 0 saturated heterocycles. The van der Waals surface area contributed by atoms with Crippen molar-refractivity contribution in [2.24, 2.45) is 0 Å². The van der Waals surface area contributed by atoms with Gasteiger partial charge in [-0.3, -0.25) is 24.5 Å². The molecule has 5 aromatic carbocycles. The number of carbonyl (C=O) groups excluding carboxylic acids is 3. The molecule has 3 amide bonds. The first kappa shape index (κ1) is 32.9. The summed E-state index contributed by atoms with van der Waals surface area (Å²) in [6.45, 7) is 0. The summed E-state index contributed by atoms with van der Waals surface area (Å²) in [5, 5.41) is 19.4. The summed E-state index contributed by atoms with van der Waals surface area (Å²) in [5.41, 5.74) is 1.95. The van der Waals surface area contributed by atoms with Crippen LogP contribution in [0.15, 0.2) is 149 Å². The molecule has 9 nitrogen and oxygen atoms in total. The summed E-state index contributed by atoms with van der Waals surface area (Å²) in [6, 6.07) is 37.9. The lowest BCUT2D eigenvalue weighted by Gasteiger charge is -2.18. The number of hydrogen-bond donors (Lipinski definition) is 3. The van der Waals surface area contributed by atoms with Crippen molar-refractivity contribution in [1.29, 1.82) is 0 Å². The number of amides is 3. The van der Waals surface area contributed by atoms with Crippen molar-refractivity contribution >= 4 is 68.6 Å². The monoisotopic (exact) mass is 706 g/mol. The molecule has 234 valence electrons. The molecule has 11 heteroatoms. The standard InChI is InChI=1S/C36H27BrN4O5S/c37-29-16-8-9-17-30(29)39-36(44)33(24-11-3-1-4-12-24)47-28-21-19-27(20-22-28)38-35(43)31(40-34(42)25-13-5-2-6-14-25)23-26-15-7-10-18-32(26)41(45)46/h1-23,33H,(H,38,43)(H,39,44)(H,40,42)/b31-23-. The van der Waals surface area contributed by atoms with E-state index in [9.17, 15) is 24.5 Å². The number of nitro groups is 1. The van der Waals surface area contributed by atoms with Gasteiger partial charge in [-0.2, -0.15) is 0 Å². The molecule has 0 heterocycles. The van der Waals surface area contributed by atoms with E-state index in [0.29, 0.717) is 16.9 Å². The number of anilines is 2. The third-order valence-corrected chi connectivity index (χ3v) is 8.76. The molecule has 5 rings (SSSR count). The summed E-state index contributed by atoms with van der Waals surface area (Å²) in [7, 11) is 0. The van der Waals surface area contributed by atoms with Crippen molar-refractivity contribution in [2.45, 2.75) is 10.1 Å². The van der Waals surface area contributed by atoms with Gasteiger partial charge in [0.1, 0.15) is 10.9 Å². The fourth-order valence-electron chi connectivity index (χ4n) is 4.49. The van der Waals surface area contributed by atoms with E-state index in [-0.39, 0.29) is 22.9 Å². The molecular weight excluding hydrogens is 680 g/mol. The second-order valence-electron chi connectivity index (χ2n) is 10.1. The minimum Gasteiger partial charge on any atom is -0.324 e. The number of nitro benzene ring substituents is 1. The Bertz CT molecular complexity index is 1940. The van der Waals surface area contributed by atoms with Gasteiger partial charge in [-0.25, -0.2) is 0 Å². The molecule has 3 N–H and O–H groups in total. The van der Waals surface area contributed by atoms with Crippen LogP contribution < -0.4 is 16.0 Å². The van der Waals surface area contributed by atoms with Crippen LogP contribution in [0.1, 0.15) is 26.7 Å². The highest BCUT2D eigenvalue weighted by molar-refractivity contribution is 9.10. The smallest absolute Gasteiger partial charge is 0.276 e. The van der Waals surface area contributed by atoms with Gasteiger partial charge in [0.05, 0.1) is 16.2 Å². The molecular formula is C36H27BrN4O5S. The van der Waals surface area contributed by atoms with E-state index >= 15 is 0 Å². The molecule has 0 radical (unpaired) electrons. The SMILES string of the molecule is O=C(Nc1ccc(SC(C(=O)Nc2ccccc2Br)c2ccccc2)cc1)/C(=C/c1ccccc1[N+](=O)[O-])NC(=O)c1ccccc1. The van der Waals surface area contributed by atoms with Crippen LogP contribution in [-0.2, 0) is 9.59 Å². The molecule has 0 aliphatic heterocycles. The van der Waals surface area contributed by atoms with Crippen molar-refractivity contribution in [3.8, 4) is 0 Å². The number of rotatable bonds is 11. The van der Waals surface area contributed by atoms with Gasteiger partial charge in [0.25, 0.3) is 17.5 Å². The predicted molar refractivity (Wildman–Crippen MR) is 188 cm³/mol. The maximum atomic E-state index is 13.5. The van der Waals surface area contributed by atoms with Crippen LogP contribution in [-0.4, -0.2) is 22.6 Å². The largest absolute Gasteiger partial charge is 0.324 e. The molecule has 1 unspecified atom stereocenters. The van der Waals surface area contributed by atoms with Gasteiger partial charge >= 0.3 is 0 Å². The number of nitrogens with zero attached hydrogens (tertiary/aromatic N) is 1. The Hall–Kier alpha value is -5.52. The second-order valence-corrected chi connectivity index (χ2v) is 12.1. The Morgan fingerprint density at radius 2 is 1.36 bits per heavy atom. The molecule has 0 spiro atoms. The number of hydrogen-bond acceptors (Lipinski definition) is 6. The Kier molecular flexibility index (Phi) is 10.9. The van der Waals surface area contributed by atoms with E-state index in [2.05, 4.69) is 31.9 Å².